The third kappa shape index (κ3) is 15.6. The number of ether oxygens (including phenoxy) is 5. The maximum Gasteiger partial charge on any atom is 0.410 e. The Kier molecular flexibility index (Phi) is 19.9. The molecule has 15 heteroatoms. The molecule has 1 aliphatic heterocycles. The van der Waals surface area contributed by atoms with Crippen LogP contribution in [0.3, 0.4) is 0 Å². The fourth-order valence-electron chi connectivity index (χ4n) is 7.92. The van der Waals surface area contributed by atoms with Gasteiger partial charge in [0.25, 0.3) is 0 Å². The number of ketones is 1. The van der Waals surface area contributed by atoms with Gasteiger partial charge in [0, 0.05) is 51.2 Å². The third-order valence-corrected chi connectivity index (χ3v) is 12.7. The van der Waals surface area contributed by atoms with Gasteiger partial charge >= 0.3 is 6.09 Å². The van der Waals surface area contributed by atoms with Crippen LogP contribution in [0.5, 0.6) is 11.5 Å². The Morgan fingerprint density at radius 1 is 0.844 bits per heavy atom. The van der Waals surface area contributed by atoms with E-state index in [4.69, 9.17) is 29.4 Å². The van der Waals surface area contributed by atoms with E-state index in [0.29, 0.717) is 73.8 Å². The summed E-state index contributed by atoms with van der Waals surface area (Å²) in [5.41, 5.74) is 6.80. The van der Waals surface area contributed by atoms with Crippen molar-refractivity contribution in [3.05, 3.63) is 75.7 Å². The van der Waals surface area contributed by atoms with Crippen LogP contribution >= 0.6 is 11.3 Å². The van der Waals surface area contributed by atoms with E-state index >= 15 is 0 Å². The monoisotopic (exact) mass is 905 g/mol. The first-order valence-corrected chi connectivity index (χ1v) is 24.0. The average molecular weight is 906 g/mol. The fourth-order valence-corrected chi connectivity index (χ4v) is 8.95. The molecule has 2 aromatic carbocycles. The lowest BCUT2D eigenvalue weighted by Gasteiger charge is -2.36. The van der Waals surface area contributed by atoms with E-state index in [1.165, 1.54) is 23.3 Å². The lowest BCUT2D eigenvalue weighted by molar-refractivity contribution is -0.140. The van der Waals surface area contributed by atoms with Crippen molar-refractivity contribution < 1.29 is 42.9 Å². The first kappa shape index (κ1) is 50.4. The van der Waals surface area contributed by atoms with E-state index in [0.717, 1.165) is 75.5 Å². The van der Waals surface area contributed by atoms with Gasteiger partial charge in [-0.25, -0.2) is 9.78 Å². The van der Waals surface area contributed by atoms with Crippen molar-refractivity contribution in [3.8, 4) is 11.5 Å². The van der Waals surface area contributed by atoms with E-state index in [-0.39, 0.29) is 29.7 Å². The van der Waals surface area contributed by atoms with E-state index in [9.17, 15) is 19.2 Å². The molecule has 0 bridgehead atoms. The Morgan fingerprint density at radius 3 is 2.25 bits per heavy atom. The predicted octanol–water partition coefficient (Wildman–Crippen LogP) is 8.43. The molecule has 14 nitrogen and oxygen atoms in total. The number of hydrogen-bond donors (Lipinski definition) is 2. The number of nitrogens with two attached hydrogens (primary N) is 1. The number of aromatic nitrogens is 1. The minimum absolute atomic E-state index is 0.0119. The fraction of sp³-hybridized carbons (Fsp3) is 0.612. The van der Waals surface area contributed by atoms with Crippen LogP contribution in [0, 0.1) is 5.92 Å². The molecule has 5 rings (SSSR count). The highest BCUT2D eigenvalue weighted by molar-refractivity contribution is 7.13. The van der Waals surface area contributed by atoms with Crippen LogP contribution in [0.4, 0.5) is 4.79 Å². The highest BCUT2D eigenvalue weighted by atomic mass is 32.1. The highest BCUT2D eigenvalue weighted by Gasteiger charge is 2.41. The quantitative estimate of drug-likeness (QED) is 0.0653. The molecule has 2 aliphatic rings. The summed E-state index contributed by atoms with van der Waals surface area (Å²) >= 11 is 1.30. The second-order valence-electron chi connectivity index (χ2n) is 18.0. The van der Waals surface area contributed by atoms with E-state index in [1.54, 1.807) is 52.1 Å². The molecule has 1 aliphatic carbocycles. The van der Waals surface area contributed by atoms with Crippen LogP contribution in [0.1, 0.15) is 143 Å². The lowest BCUT2D eigenvalue weighted by Crippen LogP contribution is -2.56. The van der Waals surface area contributed by atoms with Gasteiger partial charge in [0.2, 0.25) is 17.6 Å². The molecule has 3 N–H and O–H groups in total. The molecule has 3 amide bonds. The number of carbonyl (C=O) groups is 4. The SMILES string of the molecule is C[C@@H](N)c1cccc(OCCCCCOCCCOCCOc2cccc(C(=O)c3cnc([C@@H]4CCCN4C(=O)[C@@H](NC(=O)[C@H](C)N(C)C(=O)OC(C)(C)C)C4CCCCC4)s3)c2)c1. The van der Waals surface area contributed by atoms with Crippen LogP contribution < -0.4 is 20.5 Å². The molecule has 3 aromatic rings. The number of likely N-dealkylation sites (N-methyl/N-ethyl adjacent to an activating group) is 1. The number of carbonyl (C=O) groups excluding carboxylic acids is 4. The van der Waals surface area contributed by atoms with Gasteiger partial charge in [0.05, 0.1) is 24.1 Å². The standard InChI is InChI=1S/C49H71N5O9S/c1-34(50)37-19-13-21-39(31-37)61-28-12-8-11-25-59-26-16-27-60-29-30-62-40-22-14-20-38(32-40)44(55)42-33-51-46(64-42)41-23-15-24-54(41)47(57)43(36-17-9-7-10-18-36)52-45(56)35(2)53(6)48(58)63-49(3,4)5/h13-14,19-22,31-36,41,43H,7-12,15-18,23-30,50H2,1-6H3,(H,52,56)/t34-,35+,41+,43+/m1/s1. The highest BCUT2D eigenvalue weighted by Crippen LogP contribution is 2.37. The van der Waals surface area contributed by atoms with Gasteiger partial charge < -0.3 is 39.6 Å². The third-order valence-electron chi connectivity index (χ3n) is 11.7. The molecule has 2 fully saturated rings. The zero-order chi connectivity index (χ0) is 46.1. The number of benzene rings is 2. The number of nitrogens with one attached hydrogen (secondary N) is 1. The Labute approximate surface area is 383 Å². The topological polar surface area (TPSA) is 172 Å². The molecule has 1 saturated carbocycles. The molecule has 352 valence electrons. The summed E-state index contributed by atoms with van der Waals surface area (Å²) in [7, 11) is 1.53. The second kappa shape index (κ2) is 25.2. The maximum absolute atomic E-state index is 14.4. The predicted molar refractivity (Wildman–Crippen MR) is 248 cm³/mol. The first-order chi connectivity index (χ1) is 30.7. The molecule has 1 aromatic heterocycles. The molecule has 0 unspecified atom stereocenters. The number of amides is 3. The van der Waals surface area contributed by atoms with E-state index in [1.807, 2.05) is 42.2 Å². The molecule has 1 saturated heterocycles. The Morgan fingerprint density at radius 2 is 1.52 bits per heavy atom. The number of thiazole rings is 1. The Hall–Kier alpha value is -4.57. The Balaban J connectivity index is 1.03. The van der Waals surface area contributed by atoms with Crippen LogP contribution in [-0.4, -0.2) is 109 Å². The number of nitrogens with zero attached hydrogens (tertiary/aromatic N) is 3. The van der Waals surface area contributed by atoms with Crippen molar-refractivity contribution >= 4 is 35.0 Å². The number of unbranched alkanes of at least 4 members (excludes halogenated alkanes) is 2. The molecule has 2 heterocycles. The molecular weight excluding hydrogens is 835 g/mol. The van der Waals surface area contributed by atoms with Crippen molar-refractivity contribution in [2.75, 3.05) is 53.2 Å². The number of hydrogen-bond acceptors (Lipinski definition) is 12. The zero-order valence-corrected chi connectivity index (χ0v) is 39.6. The van der Waals surface area contributed by atoms with Gasteiger partial charge in [-0.1, -0.05) is 43.5 Å². The number of likely N-dealkylation sites (tertiary alicyclic amines) is 1. The summed E-state index contributed by atoms with van der Waals surface area (Å²) in [5, 5.41) is 3.74. The van der Waals surface area contributed by atoms with Crippen LogP contribution in [0.15, 0.2) is 54.7 Å². The van der Waals surface area contributed by atoms with Crippen molar-refractivity contribution in [1.29, 1.82) is 0 Å². The average Bonchev–Trinajstić information content (AvgIpc) is 3.98. The smallest absolute Gasteiger partial charge is 0.410 e. The minimum atomic E-state index is -0.848. The van der Waals surface area contributed by atoms with Crippen molar-refractivity contribution in [2.24, 2.45) is 11.7 Å². The van der Waals surface area contributed by atoms with E-state index in [2.05, 4.69) is 10.3 Å². The van der Waals surface area contributed by atoms with Crippen LogP contribution in [0.25, 0.3) is 0 Å². The van der Waals surface area contributed by atoms with Gasteiger partial charge in [-0.2, -0.15) is 0 Å². The first-order valence-electron chi connectivity index (χ1n) is 23.2. The molecular formula is C49H71N5O9S. The summed E-state index contributed by atoms with van der Waals surface area (Å²) in [6.07, 6.45) is 11.0. The van der Waals surface area contributed by atoms with Gasteiger partial charge in [0.15, 0.2) is 0 Å². The molecule has 0 radical (unpaired) electrons. The van der Waals surface area contributed by atoms with Gasteiger partial charge in [-0.3, -0.25) is 19.3 Å². The van der Waals surface area contributed by atoms with Gasteiger partial charge in [-0.05, 0) is 122 Å². The van der Waals surface area contributed by atoms with Gasteiger partial charge in [-0.15, -0.1) is 11.3 Å². The number of rotatable bonds is 24. The zero-order valence-electron chi connectivity index (χ0n) is 38.8. The molecule has 0 spiro atoms. The summed E-state index contributed by atoms with van der Waals surface area (Å²) in [6.45, 7) is 12.8. The maximum atomic E-state index is 14.4. The minimum Gasteiger partial charge on any atom is -0.494 e. The Bertz CT molecular complexity index is 1940. The van der Waals surface area contributed by atoms with Crippen LogP contribution in [0.2, 0.25) is 0 Å². The summed E-state index contributed by atoms with van der Waals surface area (Å²) in [5.74, 6) is 0.681. The second-order valence-corrected chi connectivity index (χ2v) is 19.0. The summed E-state index contributed by atoms with van der Waals surface area (Å²) in [6, 6.07) is 13.1. The van der Waals surface area contributed by atoms with Crippen molar-refractivity contribution in [2.45, 2.75) is 135 Å². The lowest BCUT2D eigenvalue weighted by atomic mass is 9.83. The normalized spacial score (nSPS) is 17.0. The van der Waals surface area contributed by atoms with Crippen molar-refractivity contribution in [3.63, 3.8) is 0 Å². The van der Waals surface area contributed by atoms with Crippen LogP contribution in [-0.2, 0) is 23.8 Å². The molecule has 64 heavy (non-hydrogen) atoms. The largest absolute Gasteiger partial charge is 0.494 e. The summed E-state index contributed by atoms with van der Waals surface area (Å²) < 4.78 is 28.8. The van der Waals surface area contributed by atoms with Crippen molar-refractivity contribution in [1.82, 2.24) is 20.1 Å². The van der Waals surface area contributed by atoms with E-state index < -0.39 is 29.7 Å². The molecule has 4 atom stereocenters. The summed E-state index contributed by atoms with van der Waals surface area (Å²) in [4.78, 5) is 62.7. The van der Waals surface area contributed by atoms with Gasteiger partial charge in [0.1, 0.15) is 40.8 Å².